The maximum atomic E-state index is 12.1. The first kappa shape index (κ1) is 48.5. The lowest BCUT2D eigenvalue weighted by Gasteiger charge is -2.28. The van der Waals surface area contributed by atoms with Crippen LogP contribution in [0.4, 0.5) is 0 Å². The van der Waals surface area contributed by atoms with Gasteiger partial charge in [0.05, 0.1) is 22.8 Å². The molecule has 9 heteroatoms. The zero-order chi connectivity index (χ0) is 46.1. The molecule has 12 bridgehead atoms. The van der Waals surface area contributed by atoms with Gasteiger partial charge >= 0.3 is 0 Å². The van der Waals surface area contributed by atoms with Crippen LogP contribution in [0.2, 0.25) is 0 Å². The normalized spacial score (nSPS) is 15.7. The van der Waals surface area contributed by atoms with Crippen molar-refractivity contribution in [2.24, 2.45) is 0 Å². The van der Waals surface area contributed by atoms with Gasteiger partial charge in [-0.15, -0.1) is 0 Å². The number of aromatic nitrogens is 2. The second-order valence-electron chi connectivity index (χ2n) is 19.1. The molecule has 5 aromatic rings. The van der Waals surface area contributed by atoms with Crippen molar-refractivity contribution in [3.8, 4) is 5.75 Å². The molecule has 3 aliphatic heterocycles. The number of fused-ring (bicyclic) bond motifs is 12. The van der Waals surface area contributed by atoms with Gasteiger partial charge in [-0.1, -0.05) is 86.6 Å². The van der Waals surface area contributed by atoms with Gasteiger partial charge in [0.2, 0.25) is 0 Å². The van der Waals surface area contributed by atoms with Crippen LogP contribution in [0.15, 0.2) is 48.5 Å². The van der Waals surface area contributed by atoms with Gasteiger partial charge in [0.15, 0.2) is 0 Å². The number of phenols is 1. The van der Waals surface area contributed by atoms with Gasteiger partial charge in [-0.05, 0) is 141 Å². The molecule has 8 rings (SSSR count). The van der Waals surface area contributed by atoms with E-state index < -0.39 is 0 Å². The van der Waals surface area contributed by atoms with Crippen LogP contribution in [0.1, 0.15) is 169 Å². The van der Waals surface area contributed by atoms with E-state index in [1.807, 2.05) is 0 Å². The highest BCUT2D eigenvalue weighted by molar-refractivity contribution is 5.54. The number of nitrogens with zero attached hydrogens (tertiary/aromatic N) is 2. The Balaban J connectivity index is 1.43. The predicted octanol–water partition coefficient (Wildman–Crippen LogP) is 9.22. The standard InChI is InChI=1S/C56H78N8O/c1-10-43-49-30-57-24-36-22-38(56(7,8)9)23-37(55(36)65)25-58-31-50-45(12-3)53-34-61-28-41-19-16-18-39(63-41)26-59-32-51(43)47(14-5)52(44(49)11-2)33-60-27-40-20-17-21-42(64-40)29-62-35-54(46(50)13-4)48(53)15-6/h16-23,57-62,65H,10-15,24-35H2,1-9H3. The number of hydrogen-bond acceptors (Lipinski definition) is 9. The van der Waals surface area contributed by atoms with E-state index in [1.165, 1.54) is 72.3 Å². The number of nitrogens with one attached hydrogen (secondary N) is 6. The van der Waals surface area contributed by atoms with Gasteiger partial charge in [0.1, 0.15) is 5.75 Å². The van der Waals surface area contributed by atoms with Crippen LogP contribution in [0.25, 0.3) is 0 Å². The number of pyridine rings is 2. The highest BCUT2D eigenvalue weighted by Crippen LogP contribution is 2.35. The summed E-state index contributed by atoms with van der Waals surface area (Å²) in [5, 5.41) is 35.4. The lowest BCUT2D eigenvalue weighted by Crippen LogP contribution is -2.26. The largest absolute Gasteiger partial charge is 0.507 e. The molecule has 5 heterocycles. The quantitative estimate of drug-likeness (QED) is 0.0897. The van der Waals surface area contributed by atoms with Crippen molar-refractivity contribution in [2.45, 2.75) is 185 Å². The molecule has 3 aromatic carbocycles. The fourth-order valence-electron chi connectivity index (χ4n) is 10.8. The number of rotatable bonds is 6. The first-order valence-electron chi connectivity index (χ1n) is 24.9. The molecule has 7 N–H and O–H groups in total. The van der Waals surface area contributed by atoms with Crippen LogP contribution in [-0.4, -0.2) is 15.1 Å². The van der Waals surface area contributed by atoms with E-state index >= 15 is 0 Å². The van der Waals surface area contributed by atoms with Crippen molar-refractivity contribution in [2.75, 3.05) is 0 Å². The summed E-state index contributed by atoms with van der Waals surface area (Å²) in [6.07, 6.45) is 5.66. The van der Waals surface area contributed by atoms with Crippen LogP contribution < -0.4 is 31.9 Å². The third kappa shape index (κ3) is 11.0. The Bertz CT molecular complexity index is 2160. The van der Waals surface area contributed by atoms with Gasteiger partial charge in [0, 0.05) is 89.7 Å². The van der Waals surface area contributed by atoms with Gasteiger partial charge in [0.25, 0.3) is 0 Å². The first-order valence-corrected chi connectivity index (χ1v) is 24.9. The Hall–Kier alpha value is -4.48. The van der Waals surface area contributed by atoms with E-state index in [2.05, 4.69) is 143 Å². The molecule has 2 aromatic heterocycles. The van der Waals surface area contributed by atoms with E-state index in [0.717, 1.165) is 98.6 Å². The molecule has 348 valence electrons. The fraction of sp³-hybridized carbons (Fsp3) is 0.500. The number of phenolic OH excluding ortho intramolecular Hbond substituents is 1. The average molecular weight is 879 g/mol. The molecule has 0 saturated heterocycles. The van der Waals surface area contributed by atoms with Crippen LogP contribution in [0.5, 0.6) is 5.75 Å². The zero-order valence-corrected chi connectivity index (χ0v) is 41.2. The summed E-state index contributed by atoms with van der Waals surface area (Å²) < 4.78 is 0. The summed E-state index contributed by atoms with van der Waals surface area (Å²) in [4.78, 5) is 10.4. The van der Waals surface area contributed by atoms with E-state index in [9.17, 15) is 5.11 Å². The Morgan fingerprint density at radius 3 is 0.877 bits per heavy atom. The first-order chi connectivity index (χ1) is 31.5. The van der Waals surface area contributed by atoms with Crippen molar-refractivity contribution in [3.05, 3.63) is 155 Å². The minimum absolute atomic E-state index is 0.0801. The molecule has 0 aliphatic carbocycles. The van der Waals surface area contributed by atoms with Gasteiger partial charge in [-0.25, -0.2) is 0 Å². The summed E-state index contributed by atoms with van der Waals surface area (Å²) >= 11 is 0. The van der Waals surface area contributed by atoms with Crippen LogP contribution in [-0.2, 0) is 122 Å². The summed E-state index contributed by atoms with van der Waals surface area (Å²) in [6.45, 7) is 29.1. The molecule has 0 unspecified atom stereocenters. The van der Waals surface area contributed by atoms with Crippen molar-refractivity contribution in [3.63, 3.8) is 0 Å². The smallest absolute Gasteiger partial charge is 0.124 e. The third-order valence-corrected chi connectivity index (χ3v) is 14.0. The van der Waals surface area contributed by atoms with E-state index in [-0.39, 0.29) is 5.41 Å². The molecule has 0 fully saturated rings. The SMILES string of the molecule is CCc1c2c(CC)c3c(CC)c1CNCc1cccc(n1)CNCc1c(CC)c(c(CC)c(c1CC)CNCc1cc(C(C)(C)C)cc(c1O)CNC3)CNCc1cccc(n1)CNC2. The molecule has 3 aliphatic rings. The van der Waals surface area contributed by atoms with Crippen molar-refractivity contribution in [1.29, 1.82) is 0 Å². The molecule has 0 atom stereocenters. The van der Waals surface area contributed by atoms with Gasteiger partial charge in [-0.3, -0.25) is 9.97 Å². The molecule has 0 amide bonds. The molecule has 65 heavy (non-hydrogen) atoms. The minimum Gasteiger partial charge on any atom is -0.507 e. The third-order valence-electron chi connectivity index (χ3n) is 14.0. The number of benzene rings is 3. The van der Waals surface area contributed by atoms with Crippen LogP contribution in [0, 0.1) is 0 Å². The van der Waals surface area contributed by atoms with Crippen molar-refractivity contribution >= 4 is 0 Å². The van der Waals surface area contributed by atoms with Gasteiger partial charge in [-0.2, -0.15) is 0 Å². The average Bonchev–Trinajstić information content (AvgIpc) is 3.29. The summed E-state index contributed by atoms with van der Waals surface area (Å²) in [6, 6.07) is 17.4. The second kappa shape index (κ2) is 22.3. The van der Waals surface area contributed by atoms with Crippen molar-refractivity contribution in [1.82, 2.24) is 41.9 Å². The summed E-state index contributed by atoms with van der Waals surface area (Å²) in [5.41, 5.74) is 24.3. The topological polar surface area (TPSA) is 118 Å². The lowest BCUT2D eigenvalue weighted by atomic mass is 9.82. The maximum absolute atomic E-state index is 12.1. The Kier molecular flexibility index (Phi) is 16.7. The Labute approximate surface area is 390 Å². The molecule has 9 nitrogen and oxygen atoms in total. The van der Waals surface area contributed by atoms with Gasteiger partial charge < -0.3 is 37.0 Å². The van der Waals surface area contributed by atoms with E-state index in [0.29, 0.717) is 58.1 Å². The molecule has 0 spiro atoms. The lowest BCUT2D eigenvalue weighted by molar-refractivity contribution is 0.451. The second-order valence-corrected chi connectivity index (χ2v) is 19.1. The maximum Gasteiger partial charge on any atom is 0.124 e. The number of aromatic hydroxyl groups is 1. The van der Waals surface area contributed by atoms with Crippen molar-refractivity contribution < 1.29 is 5.11 Å². The molecule has 0 saturated carbocycles. The Morgan fingerprint density at radius 2 is 0.646 bits per heavy atom. The predicted molar refractivity (Wildman–Crippen MR) is 268 cm³/mol. The number of hydrogen-bond donors (Lipinski definition) is 7. The minimum atomic E-state index is -0.0801. The van der Waals surface area contributed by atoms with Crippen LogP contribution >= 0.6 is 0 Å². The molecular weight excluding hydrogens is 801 g/mol. The van der Waals surface area contributed by atoms with Crippen LogP contribution in [0.3, 0.4) is 0 Å². The fourth-order valence-corrected chi connectivity index (χ4v) is 10.8. The molecule has 0 radical (unpaired) electrons. The highest BCUT2D eigenvalue weighted by atomic mass is 16.3. The summed E-state index contributed by atoms with van der Waals surface area (Å²) in [5.74, 6) is 0.389. The summed E-state index contributed by atoms with van der Waals surface area (Å²) in [7, 11) is 0. The van der Waals surface area contributed by atoms with E-state index in [1.54, 1.807) is 0 Å². The van der Waals surface area contributed by atoms with E-state index in [4.69, 9.17) is 9.97 Å². The monoisotopic (exact) mass is 879 g/mol. The Morgan fingerprint density at radius 1 is 0.400 bits per heavy atom. The zero-order valence-electron chi connectivity index (χ0n) is 41.2. The highest BCUT2D eigenvalue weighted by Gasteiger charge is 2.25. The molecular formula is C56H78N8O.